The maximum atomic E-state index is 12.0. The Morgan fingerprint density at radius 3 is 2.04 bits per heavy atom. The Kier molecular flexibility index (Phi) is 9.58. The van der Waals surface area contributed by atoms with Gasteiger partial charge in [0.05, 0.1) is 6.61 Å². The van der Waals surface area contributed by atoms with E-state index in [1.54, 1.807) is 13.8 Å². The molecule has 0 radical (unpaired) electrons. The van der Waals surface area contributed by atoms with Crippen molar-refractivity contribution in [3.05, 3.63) is 0 Å². The highest BCUT2D eigenvalue weighted by atomic mass is 16.4. The minimum absolute atomic E-state index is 0.0721. The Bertz CT molecular complexity index is 467. The molecule has 7 N–H and O–H groups in total. The Balaban J connectivity index is 4.47. The number of carboxylic acid groups (broad SMARTS) is 2. The van der Waals surface area contributed by atoms with Crippen LogP contribution in [0.4, 0.5) is 0 Å². The molecule has 0 aliphatic rings. The summed E-state index contributed by atoms with van der Waals surface area (Å²) in [6.45, 7) is 2.52. The predicted molar refractivity (Wildman–Crippen MR) is 82.9 cm³/mol. The van der Waals surface area contributed by atoms with E-state index in [1.165, 1.54) is 0 Å². The third kappa shape index (κ3) is 7.88. The second-order valence-electron chi connectivity index (χ2n) is 5.71. The number of aliphatic carboxylic acids is 2. The molecule has 0 aliphatic heterocycles. The summed E-state index contributed by atoms with van der Waals surface area (Å²) in [4.78, 5) is 45.3. The molecule has 0 bridgehead atoms. The van der Waals surface area contributed by atoms with Crippen molar-refractivity contribution in [2.75, 3.05) is 6.61 Å². The molecular formula is C14H25N3O7. The van der Waals surface area contributed by atoms with E-state index in [0.717, 1.165) is 0 Å². The van der Waals surface area contributed by atoms with Crippen LogP contribution in [0.3, 0.4) is 0 Å². The molecule has 0 saturated carbocycles. The fourth-order valence-electron chi connectivity index (χ4n) is 1.83. The first kappa shape index (κ1) is 21.8. The van der Waals surface area contributed by atoms with Gasteiger partial charge in [-0.3, -0.25) is 14.4 Å². The fourth-order valence-corrected chi connectivity index (χ4v) is 1.83. The van der Waals surface area contributed by atoms with Crippen LogP contribution in [0.15, 0.2) is 0 Å². The van der Waals surface area contributed by atoms with Crippen LogP contribution in [-0.4, -0.2) is 63.8 Å². The van der Waals surface area contributed by atoms with Gasteiger partial charge in [0.1, 0.15) is 18.1 Å². The molecule has 0 rings (SSSR count). The minimum Gasteiger partial charge on any atom is -0.480 e. The lowest BCUT2D eigenvalue weighted by molar-refractivity contribution is -0.143. The Morgan fingerprint density at radius 1 is 1.04 bits per heavy atom. The number of aliphatic hydroxyl groups excluding tert-OH is 1. The van der Waals surface area contributed by atoms with Crippen LogP contribution in [0.5, 0.6) is 0 Å². The number of aliphatic hydroxyl groups is 1. The molecule has 138 valence electrons. The Hall–Kier alpha value is -2.20. The van der Waals surface area contributed by atoms with Crippen molar-refractivity contribution in [1.82, 2.24) is 10.6 Å². The molecule has 0 fully saturated rings. The molecule has 2 amide bonds. The molecule has 0 aromatic carbocycles. The molecular weight excluding hydrogens is 322 g/mol. The molecule has 3 unspecified atom stereocenters. The fraction of sp³-hybridized carbons (Fsp3) is 0.714. The number of nitrogens with two attached hydrogens (primary N) is 1. The van der Waals surface area contributed by atoms with Gasteiger partial charge in [-0.1, -0.05) is 13.8 Å². The number of hydrogen-bond donors (Lipinski definition) is 6. The van der Waals surface area contributed by atoms with E-state index >= 15 is 0 Å². The molecule has 0 aromatic rings. The molecule has 10 heteroatoms. The predicted octanol–water partition coefficient (Wildman–Crippen LogP) is -1.73. The van der Waals surface area contributed by atoms with Crippen LogP contribution in [0.1, 0.15) is 33.1 Å². The van der Waals surface area contributed by atoms with Gasteiger partial charge in [-0.05, 0) is 18.8 Å². The SMILES string of the molecule is CC(C)C(NC(=O)C(CO)NC(=O)CCCC(N)C(=O)O)C(=O)O. The number of hydrogen-bond acceptors (Lipinski definition) is 6. The van der Waals surface area contributed by atoms with Crippen LogP contribution in [0.25, 0.3) is 0 Å². The Morgan fingerprint density at radius 2 is 1.62 bits per heavy atom. The zero-order chi connectivity index (χ0) is 18.9. The van der Waals surface area contributed by atoms with E-state index in [1.807, 2.05) is 0 Å². The first-order chi connectivity index (χ1) is 11.1. The van der Waals surface area contributed by atoms with Crippen LogP contribution in [0, 0.1) is 5.92 Å². The largest absolute Gasteiger partial charge is 0.480 e. The smallest absolute Gasteiger partial charge is 0.326 e. The summed E-state index contributed by atoms with van der Waals surface area (Å²) in [7, 11) is 0. The van der Waals surface area contributed by atoms with Gasteiger partial charge in [-0.2, -0.15) is 0 Å². The minimum atomic E-state index is -1.29. The van der Waals surface area contributed by atoms with Gasteiger partial charge in [0.25, 0.3) is 0 Å². The Labute approximate surface area is 139 Å². The van der Waals surface area contributed by atoms with Crippen molar-refractivity contribution >= 4 is 23.8 Å². The van der Waals surface area contributed by atoms with Gasteiger partial charge in [-0.15, -0.1) is 0 Å². The van der Waals surface area contributed by atoms with Crippen molar-refractivity contribution in [2.45, 2.75) is 51.2 Å². The molecule has 3 atom stereocenters. The first-order valence-corrected chi connectivity index (χ1v) is 7.51. The van der Waals surface area contributed by atoms with Crippen LogP contribution in [-0.2, 0) is 19.2 Å². The molecule has 0 spiro atoms. The third-order valence-corrected chi connectivity index (χ3v) is 3.30. The number of carbonyl (C=O) groups is 4. The highest BCUT2D eigenvalue weighted by molar-refractivity contribution is 5.90. The molecule has 0 aliphatic carbocycles. The van der Waals surface area contributed by atoms with Crippen LogP contribution < -0.4 is 16.4 Å². The molecule has 0 saturated heterocycles. The maximum absolute atomic E-state index is 12.0. The summed E-state index contributed by atoms with van der Waals surface area (Å²) >= 11 is 0. The normalized spacial score (nSPS) is 14.5. The monoisotopic (exact) mass is 347 g/mol. The van der Waals surface area contributed by atoms with Gasteiger partial charge in [-0.25, -0.2) is 4.79 Å². The average Bonchev–Trinajstić information content (AvgIpc) is 2.48. The third-order valence-electron chi connectivity index (χ3n) is 3.30. The standard InChI is InChI=1S/C14H25N3O7/c1-7(2)11(14(23)24)17-12(20)9(6-18)16-10(19)5-3-4-8(15)13(21)22/h7-9,11,18H,3-6,15H2,1-2H3,(H,16,19)(H,17,20)(H,21,22)(H,23,24). The zero-order valence-corrected chi connectivity index (χ0v) is 13.7. The lowest BCUT2D eigenvalue weighted by Crippen LogP contribution is -2.54. The number of carboxylic acids is 2. The molecule has 0 aromatic heterocycles. The first-order valence-electron chi connectivity index (χ1n) is 7.51. The number of amides is 2. The number of carbonyl (C=O) groups excluding carboxylic acids is 2. The highest BCUT2D eigenvalue weighted by Gasteiger charge is 2.28. The number of nitrogens with one attached hydrogen (secondary N) is 2. The van der Waals surface area contributed by atoms with Crippen molar-refractivity contribution in [3.63, 3.8) is 0 Å². The van der Waals surface area contributed by atoms with Gasteiger partial charge in [0, 0.05) is 6.42 Å². The number of rotatable bonds is 11. The summed E-state index contributed by atoms with van der Waals surface area (Å²) in [5, 5.41) is 31.4. The highest BCUT2D eigenvalue weighted by Crippen LogP contribution is 2.03. The van der Waals surface area contributed by atoms with E-state index in [2.05, 4.69) is 10.6 Å². The van der Waals surface area contributed by atoms with Gasteiger partial charge < -0.3 is 31.7 Å². The van der Waals surface area contributed by atoms with Crippen LogP contribution in [0.2, 0.25) is 0 Å². The lowest BCUT2D eigenvalue weighted by Gasteiger charge is -2.22. The molecule has 0 heterocycles. The molecule has 10 nitrogen and oxygen atoms in total. The lowest BCUT2D eigenvalue weighted by atomic mass is 10.0. The van der Waals surface area contributed by atoms with Gasteiger partial charge >= 0.3 is 11.9 Å². The van der Waals surface area contributed by atoms with Crippen molar-refractivity contribution in [2.24, 2.45) is 11.7 Å². The second kappa shape index (κ2) is 10.6. The van der Waals surface area contributed by atoms with E-state index in [4.69, 9.17) is 15.9 Å². The van der Waals surface area contributed by atoms with Gasteiger partial charge in [0.2, 0.25) is 11.8 Å². The van der Waals surface area contributed by atoms with Crippen molar-refractivity contribution in [3.8, 4) is 0 Å². The summed E-state index contributed by atoms with van der Waals surface area (Å²) < 4.78 is 0. The summed E-state index contributed by atoms with van der Waals surface area (Å²) in [6.07, 6.45) is 0.216. The molecule has 24 heavy (non-hydrogen) atoms. The van der Waals surface area contributed by atoms with Crippen LogP contribution >= 0.6 is 0 Å². The maximum Gasteiger partial charge on any atom is 0.326 e. The summed E-state index contributed by atoms with van der Waals surface area (Å²) in [5.41, 5.74) is 5.30. The zero-order valence-electron chi connectivity index (χ0n) is 13.7. The van der Waals surface area contributed by atoms with Crippen molar-refractivity contribution in [1.29, 1.82) is 0 Å². The quantitative estimate of drug-likeness (QED) is 0.255. The topological polar surface area (TPSA) is 179 Å². The summed E-state index contributed by atoms with van der Waals surface area (Å²) in [5.74, 6) is -4.15. The van der Waals surface area contributed by atoms with Gasteiger partial charge in [0.15, 0.2) is 0 Å². The van der Waals surface area contributed by atoms with E-state index in [0.29, 0.717) is 0 Å². The van der Waals surface area contributed by atoms with E-state index in [-0.39, 0.29) is 25.2 Å². The average molecular weight is 347 g/mol. The van der Waals surface area contributed by atoms with Crippen molar-refractivity contribution < 1.29 is 34.5 Å². The van der Waals surface area contributed by atoms with E-state index < -0.39 is 48.5 Å². The van der Waals surface area contributed by atoms with E-state index in [9.17, 15) is 24.3 Å². The second-order valence-corrected chi connectivity index (χ2v) is 5.71. The summed E-state index contributed by atoms with van der Waals surface area (Å²) in [6, 6.07) is -3.50.